The van der Waals surface area contributed by atoms with E-state index in [1.807, 2.05) is 0 Å². The minimum atomic E-state index is -0.522. The van der Waals surface area contributed by atoms with Crippen molar-refractivity contribution in [2.24, 2.45) is 0 Å². The molecule has 0 aromatic heterocycles. The molecule has 1 fully saturated rings. The van der Waals surface area contributed by atoms with Crippen molar-refractivity contribution in [3.63, 3.8) is 0 Å². The lowest BCUT2D eigenvalue weighted by Crippen LogP contribution is -2.35. The molecule has 1 aromatic carbocycles. The largest absolute Gasteiger partial charge is 0.493 e. The van der Waals surface area contributed by atoms with Gasteiger partial charge in [0.25, 0.3) is 5.91 Å². The molecule has 0 saturated carbocycles. The quantitative estimate of drug-likeness (QED) is 0.653. The highest BCUT2D eigenvalue weighted by Gasteiger charge is 2.18. The predicted octanol–water partition coefficient (Wildman–Crippen LogP) is 1.09. The van der Waals surface area contributed by atoms with Crippen molar-refractivity contribution >= 4 is 11.9 Å². The summed E-state index contributed by atoms with van der Waals surface area (Å²) in [4.78, 5) is 23.7. The molecule has 1 aliphatic rings. The molecule has 26 heavy (non-hydrogen) atoms. The maximum Gasteiger partial charge on any atom is 0.310 e. The van der Waals surface area contributed by atoms with Gasteiger partial charge in [0.05, 0.1) is 33.9 Å². The van der Waals surface area contributed by atoms with Crippen LogP contribution < -0.4 is 19.5 Å². The molecule has 1 unspecified atom stereocenters. The van der Waals surface area contributed by atoms with Gasteiger partial charge in [0.2, 0.25) is 5.75 Å². The van der Waals surface area contributed by atoms with Crippen molar-refractivity contribution in [3.05, 3.63) is 17.7 Å². The zero-order valence-electron chi connectivity index (χ0n) is 15.3. The Balaban J connectivity index is 1.84. The fourth-order valence-electron chi connectivity index (χ4n) is 2.69. The van der Waals surface area contributed by atoms with Crippen molar-refractivity contribution in [1.82, 2.24) is 5.32 Å². The van der Waals surface area contributed by atoms with E-state index in [-0.39, 0.29) is 25.0 Å². The third-order valence-corrected chi connectivity index (χ3v) is 3.99. The Labute approximate surface area is 152 Å². The second-order valence-corrected chi connectivity index (χ2v) is 5.81. The number of carbonyl (C=O) groups excluding carboxylic acids is 2. The van der Waals surface area contributed by atoms with Crippen LogP contribution in [0.15, 0.2) is 12.1 Å². The summed E-state index contributed by atoms with van der Waals surface area (Å²) < 4.78 is 26.2. The Hall–Kier alpha value is -2.48. The Morgan fingerprint density at radius 3 is 2.38 bits per heavy atom. The van der Waals surface area contributed by atoms with Crippen LogP contribution in [0, 0.1) is 0 Å². The normalized spacial score (nSPS) is 16.0. The van der Waals surface area contributed by atoms with Gasteiger partial charge in [0.1, 0.15) is 0 Å². The Bertz CT molecular complexity index is 601. The molecule has 8 heteroatoms. The summed E-state index contributed by atoms with van der Waals surface area (Å²) in [7, 11) is 4.50. The number of benzene rings is 1. The molecule has 0 radical (unpaired) electrons. The Morgan fingerprint density at radius 2 is 1.85 bits per heavy atom. The first-order valence-electron chi connectivity index (χ1n) is 8.40. The highest BCUT2D eigenvalue weighted by Crippen LogP contribution is 2.38. The van der Waals surface area contributed by atoms with E-state index >= 15 is 0 Å². The summed E-state index contributed by atoms with van der Waals surface area (Å²) in [6.45, 7) is 0.837. The van der Waals surface area contributed by atoms with Crippen LogP contribution in [-0.2, 0) is 25.5 Å². The fourth-order valence-corrected chi connectivity index (χ4v) is 2.69. The monoisotopic (exact) mass is 367 g/mol. The molecule has 0 aliphatic carbocycles. The summed E-state index contributed by atoms with van der Waals surface area (Å²) in [5.41, 5.74) is 0.629. The minimum Gasteiger partial charge on any atom is -0.493 e. The van der Waals surface area contributed by atoms with E-state index in [4.69, 9.17) is 23.7 Å². The highest BCUT2D eigenvalue weighted by atomic mass is 16.5. The standard InChI is InChI=1S/C18H25NO7/c1-22-14-7-12(8-15(23-2)18(14)24-3)9-17(21)26-11-16(20)19-10-13-5-4-6-25-13/h7-8,13H,4-6,9-11H2,1-3H3,(H,19,20). The van der Waals surface area contributed by atoms with E-state index in [0.29, 0.717) is 29.4 Å². The first-order chi connectivity index (χ1) is 12.6. The molecule has 1 saturated heterocycles. The van der Waals surface area contributed by atoms with Gasteiger partial charge in [-0.3, -0.25) is 9.59 Å². The lowest BCUT2D eigenvalue weighted by Gasteiger charge is -2.14. The van der Waals surface area contributed by atoms with Crippen LogP contribution in [0.5, 0.6) is 17.2 Å². The number of carbonyl (C=O) groups is 2. The van der Waals surface area contributed by atoms with Crippen LogP contribution >= 0.6 is 0 Å². The zero-order valence-corrected chi connectivity index (χ0v) is 15.3. The second-order valence-electron chi connectivity index (χ2n) is 5.81. The van der Waals surface area contributed by atoms with Gasteiger partial charge in [-0.1, -0.05) is 0 Å². The summed E-state index contributed by atoms with van der Waals surface area (Å²) in [6.07, 6.45) is 1.97. The number of ether oxygens (including phenoxy) is 5. The maximum absolute atomic E-state index is 12.0. The molecule has 144 valence electrons. The van der Waals surface area contributed by atoms with Gasteiger partial charge in [-0.2, -0.15) is 0 Å². The molecule has 1 amide bonds. The molecular formula is C18H25NO7. The lowest BCUT2D eigenvalue weighted by molar-refractivity contribution is -0.148. The third kappa shape index (κ3) is 5.52. The summed E-state index contributed by atoms with van der Waals surface area (Å²) >= 11 is 0. The zero-order chi connectivity index (χ0) is 18.9. The smallest absolute Gasteiger partial charge is 0.310 e. The van der Waals surface area contributed by atoms with E-state index in [1.54, 1.807) is 12.1 Å². The molecule has 8 nitrogen and oxygen atoms in total. The molecule has 1 heterocycles. The molecule has 1 aliphatic heterocycles. The average Bonchev–Trinajstić information content (AvgIpc) is 3.17. The summed E-state index contributed by atoms with van der Waals surface area (Å²) in [5.74, 6) is 0.471. The van der Waals surface area contributed by atoms with Gasteiger partial charge < -0.3 is 29.0 Å². The van der Waals surface area contributed by atoms with Gasteiger partial charge in [0.15, 0.2) is 18.1 Å². The van der Waals surface area contributed by atoms with Crippen LogP contribution in [0.4, 0.5) is 0 Å². The molecular weight excluding hydrogens is 342 g/mol. The van der Waals surface area contributed by atoms with Crippen molar-refractivity contribution in [3.8, 4) is 17.2 Å². The van der Waals surface area contributed by atoms with Crippen molar-refractivity contribution in [2.75, 3.05) is 41.1 Å². The third-order valence-electron chi connectivity index (χ3n) is 3.99. The molecule has 1 aromatic rings. The molecule has 1 atom stereocenters. The molecule has 0 bridgehead atoms. The number of esters is 1. The second kappa shape index (κ2) is 9.86. The molecule has 1 N–H and O–H groups in total. The minimum absolute atomic E-state index is 0.0181. The summed E-state index contributed by atoms with van der Waals surface area (Å²) in [6, 6.07) is 3.33. The van der Waals surface area contributed by atoms with E-state index < -0.39 is 5.97 Å². The fraction of sp³-hybridized carbons (Fsp3) is 0.556. The van der Waals surface area contributed by atoms with Crippen LogP contribution in [0.1, 0.15) is 18.4 Å². The summed E-state index contributed by atoms with van der Waals surface area (Å²) in [5, 5.41) is 2.70. The number of hydrogen-bond acceptors (Lipinski definition) is 7. The first-order valence-corrected chi connectivity index (χ1v) is 8.40. The first kappa shape index (κ1) is 19.8. The average molecular weight is 367 g/mol. The van der Waals surface area contributed by atoms with Crippen molar-refractivity contribution in [2.45, 2.75) is 25.4 Å². The van der Waals surface area contributed by atoms with Crippen molar-refractivity contribution < 1.29 is 33.3 Å². The molecule has 0 spiro atoms. The van der Waals surface area contributed by atoms with Crippen LogP contribution in [0.25, 0.3) is 0 Å². The number of hydrogen-bond donors (Lipinski definition) is 1. The van der Waals surface area contributed by atoms with Gasteiger partial charge >= 0.3 is 5.97 Å². The van der Waals surface area contributed by atoms with Gasteiger partial charge in [-0.15, -0.1) is 0 Å². The van der Waals surface area contributed by atoms with E-state index in [9.17, 15) is 9.59 Å². The Kier molecular flexibility index (Phi) is 7.53. The van der Waals surface area contributed by atoms with E-state index in [2.05, 4.69) is 5.32 Å². The number of amides is 1. The van der Waals surface area contributed by atoms with E-state index in [1.165, 1.54) is 21.3 Å². The van der Waals surface area contributed by atoms with E-state index in [0.717, 1.165) is 19.4 Å². The number of rotatable bonds is 9. The Morgan fingerprint density at radius 1 is 1.15 bits per heavy atom. The lowest BCUT2D eigenvalue weighted by atomic mass is 10.1. The van der Waals surface area contributed by atoms with Crippen molar-refractivity contribution in [1.29, 1.82) is 0 Å². The van der Waals surface area contributed by atoms with Gasteiger partial charge in [0, 0.05) is 13.2 Å². The predicted molar refractivity (Wildman–Crippen MR) is 92.7 cm³/mol. The van der Waals surface area contributed by atoms with Crippen LogP contribution in [0.3, 0.4) is 0 Å². The van der Waals surface area contributed by atoms with Gasteiger partial charge in [-0.25, -0.2) is 0 Å². The SMILES string of the molecule is COc1cc(CC(=O)OCC(=O)NCC2CCCO2)cc(OC)c1OC. The van der Waals surface area contributed by atoms with Crippen LogP contribution in [-0.4, -0.2) is 59.1 Å². The maximum atomic E-state index is 12.0. The van der Waals surface area contributed by atoms with Crippen LogP contribution in [0.2, 0.25) is 0 Å². The topological polar surface area (TPSA) is 92.3 Å². The highest BCUT2D eigenvalue weighted by molar-refractivity contribution is 5.81. The van der Waals surface area contributed by atoms with Gasteiger partial charge in [-0.05, 0) is 30.5 Å². The number of nitrogens with one attached hydrogen (secondary N) is 1. The molecule has 2 rings (SSSR count). The number of methoxy groups -OCH3 is 3.